The summed E-state index contributed by atoms with van der Waals surface area (Å²) in [7, 11) is 0. The summed E-state index contributed by atoms with van der Waals surface area (Å²) in [5.74, 6) is -0.445. The second-order valence-electron chi connectivity index (χ2n) is 6.72. The molecule has 4 heterocycles. The van der Waals surface area contributed by atoms with Gasteiger partial charge in [-0.1, -0.05) is 0 Å². The van der Waals surface area contributed by atoms with Crippen LogP contribution in [-0.4, -0.2) is 35.6 Å². The van der Waals surface area contributed by atoms with Gasteiger partial charge < -0.3 is 5.11 Å². The van der Waals surface area contributed by atoms with Gasteiger partial charge in [-0.2, -0.15) is 13.2 Å². The lowest BCUT2D eigenvalue weighted by molar-refractivity contribution is -0.241. The quantitative estimate of drug-likeness (QED) is 0.565. The molecule has 1 aliphatic carbocycles. The van der Waals surface area contributed by atoms with E-state index in [0.29, 0.717) is 32.3 Å². The number of hydrogen-bond acceptors (Lipinski definition) is 6. The lowest BCUT2D eigenvalue weighted by Gasteiger charge is -2.43. The Morgan fingerprint density at radius 1 is 1.19 bits per heavy atom. The Kier molecular flexibility index (Phi) is 3.35. The molecule has 4 aromatic heterocycles. The Labute approximate surface area is 154 Å². The summed E-state index contributed by atoms with van der Waals surface area (Å²) in [6.07, 6.45) is 3.53. The highest BCUT2D eigenvalue weighted by molar-refractivity contribution is 7.18. The predicted octanol–water partition coefficient (Wildman–Crippen LogP) is 3.56. The van der Waals surface area contributed by atoms with Crippen LogP contribution in [0.2, 0.25) is 0 Å². The lowest BCUT2D eigenvalue weighted by Crippen LogP contribution is -2.46. The molecule has 1 N–H and O–H groups in total. The van der Waals surface area contributed by atoms with Crippen LogP contribution in [0.3, 0.4) is 0 Å². The standard InChI is InChI=1S/C17H12F3N5OS/c18-17(19,20)11-4-16(26,5-11)12-3-9-6-22-13(24-14(9)27-12)10-7-23-15-21-1-2-25(15)8-10/h1-3,6-8,11,26H,4-5H2. The number of fused-ring (bicyclic) bond motifs is 2. The molecular weight excluding hydrogens is 379 g/mol. The van der Waals surface area contributed by atoms with Crippen molar-refractivity contribution in [3.63, 3.8) is 0 Å². The van der Waals surface area contributed by atoms with Crippen LogP contribution in [0.4, 0.5) is 13.2 Å². The molecular formula is C17H12F3N5OS. The number of nitrogens with zero attached hydrogens (tertiary/aromatic N) is 5. The van der Waals surface area contributed by atoms with Gasteiger partial charge >= 0.3 is 6.18 Å². The minimum absolute atomic E-state index is 0.315. The van der Waals surface area contributed by atoms with Crippen molar-refractivity contribution in [1.82, 2.24) is 24.3 Å². The van der Waals surface area contributed by atoms with Crippen LogP contribution >= 0.6 is 11.3 Å². The Balaban J connectivity index is 1.48. The van der Waals surface area contributed by atoms with Crippen molar-refractivity contribution in [2.24, 2.45) is 5.92 Å². The molecule has 1 saturated carbocycles. The number of imidazole rings is 1. The van der Waals surface area contributed by atoms with Crippen LogP contribution in [0.15, 0.2) is 37.1 Å². The highest BCUT2D eigenvalue weighted by Crippen LogP contribution is 2.54. The summed E-state index contributed by atoms with van der Waals surface area (Å²) in [4.78, 5) is 18.2. The first-order valence-corrected chi connectivity index (χ1v) is 8.99. The van der Waals surface area contributed by atoms with E-state index in [1.807, 2.05) is 0 Å². The Morgan fingerprint density at radius 2 is 2.00 bits per heavy atom. The van der Waals surface area contributed by atoms with Crippen molar-refractivity contribution in [2.75, 3.05) is 0 Å². The van der Waals surface area contributed by atoms with Gasteiger partial charge in [-0.25, -0.2) is 19.9 Å². The summed E-state index contributed by atoms with van der Waals surface area (Å²) in [5.41, 5.74) is -0.750. The minimum atomic E-state index is -4.27. The topological polar surface area (TPSA) is 76.2 Å². The molecule has 1 fully saturated rings. The number of halogens is 3. The van der Waals surface area contributed by atoms with Gasteiger partial charge in [0.1, 0.15) is 10.4 Å². The molecule has 0 amide bonds. The van der Waals surface area contributed by atoms with E-state index in [1.54, 1.807) is 41.5 Å². The van der Waals surface area contributed by atoms with Crippen LogP contribution < -0.4 is 0 Å². The second-order valence-corrected chi connectivity index (χ2v) is 7.75. The number of aromatic nitrogens is 5. The molecule has 0 radical (unpaired) electrons. The zero-order chi connectivity index (χ0) is 18.8. The van der Waals surface area contributed by atoms with E-state index in [9.17, 15) is 18.3 Å². The smallest absolute Gasteiger partial charge is 0.384 e. The third-order valence-electron chi connectivity index (χ3n) is 4.87. The third-order valence-corrected chi connectivity index (χ3v) is 6.11. The van der Waals surface area contributed by atoms with E-state index in [2.05, 4.69) is 19.9 Å². The van der Waals surface area contributed by atoms with E-state index < -0.39 is 17.7 Å². The first kappa shape index (κ1) is 16.6. The maximum atomic E-state index is 12.8. The average molecular weight is 391 g/mol. The molecule has 0 atom stereocenters. The Morgan fingerprint density at radius 3 is 2.78 bits per heavy atom. The summed E-state index contributed by atoms with van der Waals surface area (Å²) in [5, 5.41) is 11.2. The highest BCUT2D eigenvalue weighted by atomic mass is 32.1. The summed E-state index contributed by atoms with van der Waals surface area (Å²) in [6, 6.07) is 1.67. The molecule has 27 heavy (non-hydrogen) atoms. The zero-order valence-electron chi connectivity index (χ0n) is 13.7. The van der Waals surface area contributed by atoms with Gasteiger partial charge in [0.25, 0.3) is 0 Å². The fourth-order valence-electron chi connectivity index (χ4n) is 3.32. The molecule has 0 unspecified atom stereocenters. The SMILES string of the molecule is OC1(c2cc3cnc(-c4cnc5nccn5c4)nc3s2)CC(C(F)(F)F)C1. The number of thiophene rings is 1. The Hall–Kier alpha value is -2.59. The van der Waals surface area contributed by atoms with Crippen molar-refractivity contribution >= 4 is 27.3 Å². The molecule has 6 nitrogen and oxygen atoms in total. The first-order chi connectivity index (χ1) is 12.8. The summed E-state index contributed by atoms with van der Waals surface area (Å²) in [6.45, 7) is 0. The van der Waals surface area contributed by atoms with Crippen molar-refractivity contribution in [3.8, 4) is 11.4 Å². The zero-order valence-corrected chi connectivity index (χ0v) is 14.5. The van der Waals surface area contributed by atoms with E-state index in [1.165, 1.54) is 11.3 Å². The number of alkyl halides is 3. The molecule has 0 aromatic carbocycles. The summed E-state index contributed by atoms with van der Waals surface area (Å²) < 4.78 is 40.0. The van der Waals surface area contributed by atoms with Gasteiger partial charge in [0.05, 0.1) is 11.5 Å². The molecule has 4 aromatic rings. The monoisotopic (exact) mass is 391 g/mol. The van der Waals surface area contributed by atoms with Crippen molar-refractivity contribution in [3.05, 3.63) is 41.9 Å². The van der Waals surface area contributed by atoms with E-state index in [0.717, 1.165) is 0 Å². The lowest BCUT2D eigenvalue weighted by atomic mass is 9.70. The highest BCUT2D eigenvalue weighted by Gasteiger charge is 2.56. The fraction of sp³-hybridized carbons (Fsp3) is 0.294. The number of rotatable bonds is 2. The normalized spacial score (nSPS) is 23.0. The van der Waals surface area contributed by atoms with Gasteiger partial charge in [0, 0.05) is 41.2 Å². The third kappa shape index (κ3) is 2.67. The number of hydrogen-bond donors (Lipinski definition) is 1. The van der Waals surface area contributed by atoms with Gasteiger partial charge in [-0.05, 0) is 18.9 Å². The van der Waals surface area contributed by atoms with Gasteiger partial charge in [0.15, 0.2) is 5.82 Å². The average Bonchev–Trinajstić information content (AvgIpc) is 3.23. The fourth-order valence-corrected chi connectivity index (χ4v) is 4.43. The molecule has 0 spiro atoms. The number of aliphatic hydroxyl groups is 1. The molecule has 0 bridgehead atoms. The van der Waals surface area contributed by atoms with Crippen molar-refractivity contribution in [1.29, 1.82) is 0 Å². The van der Waals surface area contributed by atoms with E-state index in [4.69, 9.17) is 0 Å². The second kappa shape index (κ2) is 5.46. The van der Waals surface area contributed by atoms with Crippen LogP contribution in [0.5, 0.6) is 0 Å². The van der Waals surface area contributed by atoms with Crippen molar-refractivity contribution < 1.29 is 18.3 Å². The summed E-state index contributed by atoms with van der Waals surface area (Å²) >= 11 is 1.20. The van der Waals surface area contributed by atoms with Crippen LogP contribution in [0.25, 0.3) is 27.4 Å². The molecule has 138 valence electrons. The van der Waals surface area contributed by atoms with Gasteiger partial charge in [-0.15, -0.1) is 11.3 Å². The molecule has 10 heteroatoms. The maximum absolute atomic E-state index is 12.8. The first-order valence-electron chi connectivity index (χ1n) is 8.17. The van der Waals surface area contributed by atoms with E-state index in [-0.39, 0.29) is 12.8 Å². The molecule has 0 aliphatic heterocycles. The van der Waals surface area contributed by atoms with Gasteiger partial charge in [0.2, 0.25) is 5.78 Å². The minimum Gasteiger partial charge on any atom is -0.384 e. The Bertz CT molecular complexity index is 1160. The maximum Gasteiger partial charge on any atom is 0.392 e. The van der Waals surface area contributed by atoms with Crippen LogP contribution in [0.1, 0.15) is 17.7 Å². The molecule has 5 rings (SSSR count). The van der Waals surface area contributed by atoms with Gasteiger partial charge in [-0.3, -0.25) is 4.40 Å². The van der Waals surface area contributed by atoms with Crippen LogP contribution in [-0.2, 0) is 5.60 Å². The largest absolute Gasteiger partial charge is 0.392 e. The molecule has 1 aliphatic rings. The van der Waals surface area contributed by atoms with Crippen molar-refractivity contribution in [2.45, 2.75) is 24.6 Å². The predicted molar refractivity (Wildman–Crippen MR) is 92.1 cm³/mol. The molecule has 0 saturated heterocycles. The van der Waals surface area contributed by atoms with E-state index >= 15 is 0 Å². The van der Waals surface area contributed by atoms with Crippen LogP contribution in [0, 0.1) is 5.92 Å².